The minimum absolute atomic E-state index is 0.0198. The predicted octanol–water partition coefficient (Wildman–Crippen LogP) is 2.00. The van der Waals surface area contributed by atoms with Gasteiger partial charge in [-0.15, -0.1) is 0 Å². The maximum atomic E-state index is 13.3. The standard InChI is InChI=1S/C23H35N5O3/c1-13(2)20(21(30)26-25-19(29)12-28-15(4)5-14(3)27-28)24-22(31)23-9-16-6-17(10-23)8-18(7-16)11-23/h5,13,16-18,20H,6-12H2,1-4H3,(H,24,31)(H,25,29)(H,26,30). The number of hydrogen-bond donors (Lipinski definition) is 3. The van der Waals surface area contributed by atoms with E-state index in [0.717, 1.165) is 30.7 Å². The van der Waals surface area contributed by atoms with E-state index in [0.29, 0.717) is 17.8 Å². The average Bonchev–Trinajstić information content (AvgIpc) is 2.99. The summed E-state index contributed by atoms with van der Waals surface area (Å²) in [5, 5.41) is 7.30. The molecule has 1 atom stereocenters. The molecule has 0 aromatic carbocycles. The molecule has 1 heterocycles. The van der Waals surface area contributed by atoms with Crippen LogP contribution in [0.4, 0.5) is 0 Å². The van der Waals surface area contributed by atoms with Gasteiger partial charge in [-0.05, 0) is 82.1 Å². The zero-order valence-corrected chi connectivity index (χ0v) is 19.0. The first kappa shape index (κ1) is 21.8. The molecule has 8 nitrogen and oxygen atoms in total. The Bertz CT molecular complexity index is 839. The van der Waals surface area contributed by atoms with Gasteiger partial charge in [-0.2, -0.15) is 5.10 Å². The zero-order valence-electron chi connectivity index (χ0n) is 19.0. The number of aryl methyl sites for hydroxylation is 2. The maximum Gasteiger partial charge on any atom is 0.261 e. The van der Waals surface area contributed by atoms with E-state index < -0.39 is 11.9 Å². The van der Waals surface area contributed by atoms with Gasteiger partial charge in [0, 0.05) is 11.1 Å². The van der Waals surface area contributed by atoms with Crippen LogP contribution in [0.1, 0.15) is 63.8 Å². The highest BCUT2D eigenvalue weighted by atomic mass is 16.2. The minimum Gasteiger partial charge on any atom is -0.344 e. The monoisotopic (exact) mass is 429 g/mol. The molecule has 4 aliphatic rings. The summed E-state index contributed by atoms with van der Waals surface area (Å²) in [4.78, 5) is 38.4. The van der Waals surface area contributed by atoms with E-state index >= 15 is 0 Å². The van der Waals surface area contributed by atoms with E-state index in [1.54, 1.807) is 4.68 Å². The first-order valence-electron chi connectivity index (χ1n) is 11.6. The van der Waals surface area contributed by atoms with E-state index in [4.69, 9.17) is 0 Å². The van der Waals surface area contributed by atoms with Crippen LogP contribution in [0.5, 0.6) is 0 Å². The van der Waals surface area contributed by atoms with Crippen LogP contribution in [0.3, 0.4) is 0 Å². The Morgan fingerprint density at radius 2 is 1.65 bits per heavy atom. The largest absolute Gasteiger partial charge is 0.344 e. The third kappa shape index (κ3) is 4.48. The number of hydrogen-bond acceptors (Lipinski definition) is 4. The molecule has 1 aromatic rings. The summed E-state index contributed by atoms with van der Waals surface area (Å²) < 4.78 is 1.59. The minimum atomic E-state index is -0.686. The van der Waals surface area contributed by atoms with Crippen LogP contribution in [0.15, 0.2) is 6.07 Å². The van der Waals surface area contributed by atoms with Crippen LogP contribution in [-0.4, -0.2) is 33.5 Å². The number of hydrazine groups is 1. The average molecular weight is 430 g/mol. The van der Waals surface area contributed by atoms with Crippen molar-refractivity contribution in [2.45, 2.75) is 78.8 Å². The Hall–Kier alpha value is -2.38. The van der Waals surface area contributed by atoms with E-state index in [9.17, 15) is 14.4 Å². The Morgan fingerprint density at radius 1 is 1.06 bits per heavy atom. The molecule has 0 spiro atoms. The van der Waals surface area contributed by atoms with Crippen LogP contribution in [0.25, 0.3) is 0 Å². The number of carbonyl (C=O) groups is 3. The second-order valence-corrected chi connectivity index (χ2v) is 10.5. The zero-order chi connectivity index (χ0) is 22.3. The van der Waals surface area contributed by atoms with E-state index in [1.807, 2.05) is 33.8 Å². The summed E-state index contributed by atoms with van der Waals surface area (Å²) in [6.45, 7) is 7.57. The van der Waals surface area contributed by atoms with Crippen molar-refractivity contribution in [1.29, 1.82) is 0 Å². The van der Waals surface area contributed by atoms with Gasteiger partial charge in [-0.1, -0.05) is 13.8 Å². The van der Waals surface area contributed by atoms with Crippen molar-refractivity contribution >= 4 is 17.7 Å². The molecule has 3 amide bonds. The fraction of sp³-hybridized carbons (Fsp3) is 0.739. The summed E-state index contributed by atoms with van der Waals surface area (Å²) in [5.74, 6) is 1.16. The van der Waals surface area contributed by atoms with Crippen molar-refractivity contribution < 1.29 is 14.4 Å². The van der Waals surface area contributed by atoms with Crippen LogP contribution in [0, 0.1) is 42.9 Å². The molecule has 1 unspecified atom stereocenters. The molecule has 3 N–H and O–H groups in total. The molecule has 170 valence electrons. The van der Waals surface area contributed by atoms with Gasteiger partial charge in [0.1, 0.15) is 12.6 Å². The van der Waals surface area contributed by atoms with Gasteiger partial charge in [0.15, 0.2) is 0 Å². The Kier molecular flexibility index (Phi) is 5.83. The molecule has 1 aromatic heterocycles. The lowest BCUT2D eigenvalue weighted by Crippen LogP contribution is -2.60. The molecule has 4 aliphatic carbocycles. The Balaban J connectivity index is 1.34. The SMILES string of the molecule is Cc1cc(C)n(CC(=O)NNC(=O)C(NC(=O)C23CC4CC(CC(C4)C2)C3)C(C)C)n1. The van der Waals surface area contributed by atoms with Crippen LogP contribution in [0.2, 0.25) is 0 Å². The highest BCUT2D eigenvalue weighted by Crippen LogP contribution is 2.60. The third-order valence-corrected chi connectivity index (χ3v) is 7.48. The number of rotatable bonds is 6. The van der Waals surface area contributed by atoms with Crippen LogP contribution < -0.4 is 16.2 Å². The predicted molar refractivity (Wildman–Crippen MR) is 115 cm³/mol. The molecule has 31 heavy (non-hydrogen) atoms. The highest BCUT2D eigenvalue weighted by molar-refractivity contribution is 5.91. The van der Waals surface area contributed by atoms with Crippen molar-refractivity contribution in [2.75, 3.05) is 0 Å². The summed E-state index contributed by atoms with van der Waals surface area (Å²) in [5.41, 5.74) is 6.36. The molecule has 4 bridgehead atoms. The van der Waals surface area contributed by atoms with Gasteiger partial charge in [-0.3, -0.25) is 29.9 Å². The summed E-state index contributed by atoms with van der Waals surface area (Å²) in [6.07, 6.45) is 6.66. The molecule has 5 rings (SSSR count). The topological polar surface area (TPSA) is 105 Å². The van der Waals surface area contributed by atoms with Crippen molar-refractivity contribution in [3.8, 4) is 0 Å². The second kappa shape index (κ2) is 8.28. The van der Waals surface area contributed by atoms with Gasteiger partial charge in [0.2, 0.25) is 5.91 Å². The number of amides is 3. The summed E-state index contributed by atoms with van der Waals surface area (Å²) >= 11 is 0. The molecule has 4 fully saturated rings. The van der Waals surface area contributed by atoms with Gasteiger partial charge < -0.3 is 5.32 Å². The smallest absolute Gasteiger partial charge is 0.261 e. The van der Waals surface area contributed by atoms with E-state index in [-0.39, 0.29) is 29.7 Å². The van der Waals surface area contributed by atoms with Crippen LogP contribution in [-0.2, 0) is 20.9 Å². The molecular formula is C23H35N5O3. The van der Waals surface area contributed by atoms with E-state index in [2.05, 4.69) is 21.3 Å². The Morgan fingerprint density at radius 3 is 2.13 bits per heavy atom. The van der Waals surface area contributed by atoms with Gasteiger partial charge >= 0.3 is 0 Å². The molecule has 0 saturated heterocycles. The summed E-state index contributed by atoms with van der Waals surface area (Å²) in [7, 11) is 0. The van der Waals surface area contributed by atoms with Crippen molar-refractivity contribution in [3.05, 3.63) is 17.5 Å². The number of aromatic nitrogens is 2. The van der Waals surface area contributed by atoms with Crippen molar-refractivity contribution in [1.82, 2.24) is 25.9 Å². The fourth-order valence-electron chi connectivity index (χ4n) is 6.44. The maximum absolute atomic E-state index is 13.3. The number of nitrogens with one attached hydrogen (secondary N) is 3. The molecule has 0 aliphatic heterocycles. The quantitative estimate of drug-likeness (QED) is 0.602. The molecule has 0 radical (unpaired) electrons. The summed E-state index contributed by atoms with van der Waals surface area (Å²) in [6, 6.07) is 1.20. The van der Waals surface area contributed by atoms with Gasteiger partial charge in [0.05, 0.1) is 5.69 Å². The normalized spacial score (nSPS) is 29.6. The Labute approximate surface area is 183 Å². The molecular weight excluding hydrogens is 394 g/mol. The molecule has 4 saturated carbocycles. The van der Waals surface area contributed by atoms with Gasteiger partial charge in [0.25, 0.3) is 11.8 Å². The van der Waals surface area contributed by atoms with E-state index in [1.165, 1.54) is 19.3 Å². The van der Waals surface area contributed by atoms with Crippen molar-refractivity contribution in [3.63, 3.8) is 0 Å². The third-order valence-electron chi connectivity index (χ3n) is 7.48. The lowest BCUT2D eigenvalue weighted by atomic mass is 9.49. The second-order valence-electron chi connectivity index (χ2n) is 10.5. The highest BCUT2D eigenvalue weighted by Gasteiger charge is 2.55. The first-order chi connectivity index (χ1) is 14.6. The first-order valence-corrected chi connectivity index (χ1v) is 11.6. The number of nitrogens with zero attached hydrogens (tertiary/aromatic N) is 2. The van der Waals surface area contributed by atoms with Crippen LogP contribution >= 0.6 is 0 Å². The van der Waals surface area contributed by atoms with Gasteiger partial charge in [-0.25, -0.2) is 0 Å². The van der Waals surface area contributed by atoms with Crippen molar-refractivity contribution in [2.24, 2.45) is 29.1 Å². The number of carbonyl (C=O) groups excluding carboxylic acids is 3. The fourth-order valence-corrected chi connectivity index (χ4v) is 6.44. The molecule has 8 heteroatoms. The lowest BCUT2D eigenvalue weighted by molar-refractivity contribution is -0.149. The lowest BCUT2D eigenvalue weighted by Gasteiger charge is -2.55.